The zero-order chi connectivity index (χ0) is 21.7. The predicted octanol–water partition coefficient (Wildman–Crippen LogP) is 2.00. The number of carbonyl (C=O) groups is 1. The van der Waals surface area contributed by atoms with Crippen LogP contribution in [0.2, 0.25) is 0 Å². The highest BCUT2D eigenvalue weighted by Crippen LogP contribution is 2.28. The maximum atomic E-state index is 12.7. The Kier molecular flexibility index (Phi) is 7.72. The van der Waals surface area contributed by atoms with Gasteiger partial charge in [-0.15, -0.1) is 0 Å². The number of aryl methyl sites for hydroxylation is 2. The molecule has 162 valence electrons. The Morgan fingerprint density at radius 3 is 2.57 bits per heavy atom. The van der Waals surface area contributed by atoms with E-state index in [9.17, 15) is 9.59 Å². The Morgan fingerprint density at radius 1 is 1.17 bits per heavy atom. The van der Waals surface area contributed by atoms with Crippen molar-refractivity contribution in [1.29, 1.82) is 0 Å². The normalized spacial score (nSPS) is 13.4. The molecule has 1 aromatic heterocycles. The summed E-state index contributed by atoms with van der Waals surface area (Å²) in [6.45, 7) is 5.78. The lowest BCUT2D eigenvalue weighted by Gasteiger charge is -2.22. The molecule has 0 saturated carbocycles. The van der Waals surface area contributed by atoms with Gasteiger partial charge in [-0.3, -0.25) is 9.36 Å². The van der Waals surface area contributed by atoms with Crippen molar-refractivity contribution in [3.63, 3.8) is 0 Å². The Hall–Kier alpha value is -2.12. The Bertz CT molecular complexity index is 948. The molecule has 1 aromatic carbocycles. The first kappa shape index (κ1) is 22.6. The van der Waals surface area contributed by atoms with Gasteiger partial charge in [0.1, 0.15) is 5.03 Å². The molecular formula is C23H33N4O2S+. The topological polar surface area (TPSA) is 68.4 Å². The van der Waals surface area contributed by atoms with Crippen LogP contribution in [0.4, 0.5) is 5.69 Å². The van der Waals surface area contributed by atoms with E-state index < -0.39 is 0 Å². The van der Waals surface area contributed by atoms with E-state index in [-0.39, 0.29) is 17.3 Å². The maximum absolute atomic E-state index is 12.7. The highest BCUT2D eigenvalue weighted by atomic mass is 32.2. The van der Waals surface area contributed by atoms with Gasteiger partial charge in [-0.2, -0.15) is 4.98 Å². The molecule has 7 heteroatoms. The molecule has 0 saturated heterocycles. The number of amides is 1. The third-order valence-electron chi connectivity index (χ3n) is 5.35. The molecule has 1 amide bonds. The molecule has 3 rings (SSSR count). The van der Waals surface area contributed by atoms with Crippen LogP contribution in [0.3, 0.4) is 0 Å². The number of hydrogen-bond donors (Lipinski definition) is 2. The number of hydrogen-bond acceptors (Lipinski definition) is 4. The first-order chi connectivity index (χ1) is 14.3. The van der Waals surface area contributed by atoms with Crippen molar-refractivity contribution in [3.8, 4) is 0 Å². The van der Waals surface area contributed by atoms with Crippen molar-refractivity contribution < 1.29 is 9.69 Å². The number of quaternary nitrogens is 1. The van der Waals surface area contributed by atoms with E-state index in [2.05, 4.69) is 30.5 Å². The van der Waals surface area contributed by atoms with Gasteiger partial charge in [0, 0.05) is 29.9 Å². The quantitative estimate of drug-likeness (QED) is 0.498. The van der Waals surface area contributed by atoms with Gasteiger partial charge < -0.3 is 10.2 Å². The van der Waals surface area contributed by atoms with Gasteiger partial charge in [-0.1, -0.05) is 17.8 Å². The minimum Gasteiger partial charge on any atom is -0.340 e. The molecule has 1 aliphatic rings. The van der Waals surface area contributed by atoms with E-state index in [1.807, 2.05) is 30.5 Å². The molecule has 0 spiro atoms. The summed E-state index contributed by atoms with van der Waals surface area (Å²) in [5, 5.41) is 3.70. The summed E-state index contributed by atoms with van der Waals surface area (Å²) in [6, 6.07) is 6.01. The SMILES string of the molecule is Cc1cc(C)cc(NC(=O)CSc2nc(=O)n(CCC[NH+](C)C)c3c2CCCC3)c1. The number of nitrogens with one attached hydrogen (secondary N) is 2. The third kappa shape index (κ3) is 5.95. The molecule has 0 radical (unpaired) electrons. The number of benzene rings is 1. The van der Waals surface area contributed by atoms with E-state index in [0.29, 0.717) is 0 Å². The third-order valence-corrected chi connectivity index (χ3v) is 6.37. The van der Waals surface area contributed by atoms with Crippen LogP contribution in [0.1, 0.15) is 41.6 Å². The van der Waals surface area contributed by atoms with Crippen molar-refractivity contribution >= 4 is 23.4 Å². The lowest BCUT2D eigenvalue weighted by atomic mass is 9.97. The molecule has 0 unspecified atom stereocenters. The van der Waals surface area contributed by atoms with E-state index in [4.69, 9.17) is 0 Å². The van der Waals surface area contributed by atoms with Crippen LogP contribution in [-0.4, -0.2) is 41.9 Å². The molecule has 2 N–H and O–H groups in total. The molecular weight excluding hydrogens is 396 g/mol. The summed E-state index contributed by atoms with van der Waals surface area (Å²) >= 11 is 1.38. The molecule has 0 atom stereocenters. The number of anilines is 1. The minimum absolute atomic E-state index is 0.0745. The van der Waals surface area contributed by atoms with Gasteiger partial charge in [-0.05, 0) is 62.8 Å². The molecule has 6 nitrogen and oxygen atoms in total. The van der Waals surface area contributed by atoms with Crippen molar-refractivity contribution in [1.82, 2.24) is 9.55 Å². The molecule has 0 fully saturated rings. The highest BCUT2D eigenvalue weighted by Gasteiger charge is 2.21. The largest absolute Gasteiger partial charge is 0.348 e. The average molecular weight is 430 g/mol. The number of aromatic nitrogens is 2. The minimum atomic E-state index is -0.179. The van der Waals surface area contributed by atoms with Gasteiger partial charge in [0.2, 0.25) is 5.91 Å². The number of thioether (sulfide) groups is 1. The highest BCUT2D eigenvalue weighted by molar-refractivity contribution is 8.00. The van der Waals surface area contributed by atoms with E-state index in [0.717, 1.165) is 72.7 Å². The van der Waals surface area contributed by atoms with Gasteiger partial charge in [-0.25, -0.2) is 4.79 Å². The van der Waals surface area contributed by atoms with E-state index in [1.165, 1.54) is 22.2 Å². The molecule has 0 bridgehead atoms. The summed E-state index contributed by atoms with van der Waals surface area (Å²) in [6.07, 6.45) is 5.03. The van der Waals surface area contributed by atoms with Crippen LogP contribution in [0.15, 0.2) is 28.0 Å². The molecule has 1 heterocycles. The second kappa shape index (κ2) is 10.3. The van der Waals surface area contributed by atoms with Crippen molar-refractivity contribution in [3.05, 3.63) is 51.1 Å². The van der Waals surface area contributed by atoms with Crippen LogP contribution < -0.4 is 15.9 Å². The first-order valence-corrected chi connectivity index (χ1v) is 11.7. The van der Waals surface area contributed by atoms with Crippen molar-refractivity contribution in [2.75, 3.05) is 31.7 Å². The lowest BCUT2D eigenvalue weighted by molar-refractivity contribution is -0.858. The summed E-state index contributed by atoms with van der Waals surface area (Å²) in [7, 11) is 4.25. The van der Waals surface area contributed by atoms with Gasteiger partial charge in [0.15, 0.2) is 0 Å². The van der Waals surface area contributed by atoms with Gasteiger partial charge >= 0.3 is 5.69 Å². The Morgan fingerprint density at radius 2 is 1.87 bits per heavy atom. The Labute approximate surface area is 183 Å². The number of nitrogens with zero attached hydrogens (tertiary/aromatic N) is 2. The van der Waals surface area contributed by atoms with Gasteiger partial charge in [0.25, 0.3) is 0 Å². The zero-order valence-corrected chi connectivity index (χ0v) is 19.3. The number of fused-ring (bicyclic) bond motifs is 1. The van der Waals surface area contributed by atoms with Crippen LogP contribution in [0.25, 0.3) is 0 Å². The van der Waals surface area contributed by atoms with Gasteiger partial charge in [0.05, 0.1) is 26.4 Å². The summed E-state index contributed by atoms with van der Waals surface area (Å²) in [5.74, 6) is 0.175. The summed E-state index contributed by atoms with van der Waals surface area (Å²) < 4.78 is 1.87. The number of rotatable bonds is 8. The maximum Gasteiger partial charge on any atom is 0.348 e. The smallest absolute Gasteiger partial charge is 0.340 e. The molecule has 0 aliphatic heterocycles. The monoisotopic (exact) mass is 429 g/mol. The van der Waals surface area contributed by atoms with Crippen molar-refractivity contribution in [2.45, 2.75) is 57.5 Å². The van der Waals surface area contributed by atoms with Crippen molar-refractivity contribution in [2.24, 2.45) is 0 Å². The fraction of sp³-hybridized carbons (Fsp3) is 0.522. The fourth-order valence-corrected chi connectivity index (χ4v) is 4.94. The van der Waals surface area contributed by atoms with Crippen LogP contribution in [0, 0.1) is 13.8 Å². The van der Waals surface area contributed by atoms with E-state index in [1.54, 1.807) is 0 Å². The second-order valence-electron chi connectivity index (χ2n) is 8.51. The Balaban J connectivity index is 1.72. The first-order valence-electron chi connectivity index (χ1n) is 10.8. The summed E-state index contributed by atoms with van der Waals surface area (Å²) in [4.78, 5) is 31.0. The predicted molar refractivity (Wildman–Crippen MR) is 123 cm³/mol. The molecule has 30 heavy (non-hydrogen) atoms. The van der Waals surface area contributed by atoms with Crippen LogP contribution in [0.5, 0.6) is 0 Å². The van der Waals surface area contributed by atoms with Crippen LogP contribution in [-0.2, 0) is 24.2 Å². The standard InChI is InChI=1S/C23H32N4O2S/c1-16-12-17(2)14-18(13-16)24-21(28)15-30-22-19-8-5-6-9-20(19)27(23(29)25-22)11-7-10-26(3)4/h12-14H,5-11,15H2,1-4H3,(H,24,28)/p+1. The van der Waals surface area contributed by atoms with E-state index >= 15 is 0 Å². The zero-order valence-electron chi connectivity index (χ0n) is 18.5. The molecule has 2 aromatic rings. The fourth-order valence-electron chi connectivity index (χ4n) is 4.07. The second-order valence-corrected chi connectivity index (χ2v) is 9.47. The molecule has 1 aliphatic carbocycles. The summed E-state index contributed by atoms with van der Waals surface area (Å²) in [5.41, 5.74) is 5.17. The number of carbonyl (C=O) groups excluding carboxylic acids is 1. The average Bonchev–Trinajstić information content (AvgIpc) is 2.67. The lowest BCUT2D eigenvalue weighted by Crippen LogP contribution is -3.05. The van der Waals surface area contributed by atoms with Crippen LogP contribution >= 0.6 is 11.8 Å².